The van der Waals surface area contributed by atoms with Crippen LogP contribution in [0.4, 0.5) is 5.69 Å². The lowest BCUT2D eigenvalue weighted by Gasteiger charge is -2.08. The lowest BCUT2D eigenvalue weighted by Crippen LogP contribution is -2.13. The van der Waals surface area contributed by atoms with Crippen molar-refractivity contribution < 1.29 is 23.1 Å². The second kappa shape index (κ2) is 5.80. The maximum atomic E-state index is 12.1. The van der Waals surface area contributed by atoms with Crippen molar-refractivity contribution >= 4 is 21.7 Å². The molecule has 0 saturated carbocycles. The molecule has 2 aromatic rings. The molecule has 1 aromatic carbocycles. The van der Waals surface area contributed by atoms with Crippen LogP contribution in [0.5, 0.6) is 5.88 Å². The van der Waals surface area contributed by atoms with Crippen molar-refractivity contribution in [1.29, 1.82) is 0 Å². The van der Waals surface area contributed by atoms with Crippen molar-refractivity contribution in [1.82, 2.24) is 4.98 Å². The van der Waals surface area contributed by atoms with Crippen LogP contribution in [0.2, 0.25) is 0 Å². The Kier molecular flexibility index (Phi) is 4.08. The summed E-state index contributed by atoms with van der Waals surface area (Å²) in [7, 11) is -2.34. The third-order valence-corrected chi connectivity index (χ3v) is 4.01. The number of anilines is 1. The minimum atomic E-state index is -3.80. The number of nitrogens with one attached hydrogen (secondary N) is 1. The number of aromatic nitrogens is 1. The number of carboxylic acids is 1. The highest BCUT2D eigenvalue weighted by Crippen LogP contribution is 2.17. The largest absolute Gasteiger partial charge is 0.481 e. The van der Waals surface area contributed by atoms with Crippen LogP contribution in [0, 0.1) is 0 Å². The second-order valence-corrected chi connectivity index (χ2v) is 5.71. The van der Waals surface area contributed by atoms with Crippen molar-refractivity contribution in [2.45, 2.75) is 4.90 Å². The molecule has 0 fully saturated rings. The predicted molar refractivity (Wildman–Crippen MR) is 75.0 cm³/mol. The lowest BCUT2D eigenvalue weighted by molar-refractivity contribution is 0.0696. The lowest BCUT2D eigenvalue weighted by atomic mass is 10.2. The van der Waals surface area contributed by atoms with Gasteiger partial charge in [0.15, 0.2) is 0 Å². The van der Waals surface area contributed by atoms with Gasteiger partial charge in [-0.2, -0.15) is 0 Å². The molecule has 0 atom stereocenters. The van der Waals surface area contributed by atoms with Gasteiger partial charge in [0.1, 0.15) is 0 Å². The normalized spacial score (nSPS) is 10.9. The fourth-order valence-corrected chi connectivity index (χ4v) is 2.60. The summed E-state index contributed by atoms with van der Waals surface area (Å²) in [4.78, 5) is 14.6. The molecular weight excluding hydrogens is 296 g/mol. The van der Waals surface area contributed by atoms with Crippen molar-refractivity contribution in [2.75, 3.05) is 11.8 Å². The van der Waals surface area contributed by atoms with E-state index in [1.165, 1.54) is 49.7 Å². The Balaban J connectivity index is 2.22. The number of carboxylic acid groups (broad SMARTS) is 1. The summed E-state index contributed by atoms with van der Waals surface area (Å²) in [5.74, 6) is -0.755. The summed E-state index contributed by atoms with van der Waals surface area (Å²) in [5.41, 5.74) is 0.290. The number of methoxy groups -OCH3 is 1. The molecule has 0 saturated heterocycles. The van der Waals surface area contributed by atoms with Gasteiger partial charge >= 0.3 is 5.97 Å². The summed E-state index contributed by atoms with van der Waals surface area (Å²) < 4.78 is 31.5. The highest BCUT2D eigenvalue weighted by molar-refractivity contribution is 7.92. The third kappa shape index (κ3) is 3.48. The number of rotatable bonds is 5. The number of sulfonamides is 1. The average molecular weight is 308 g/mol. The Morgan fingerprint density at radius 3 is 2.33 bits per heavy atom. The van der Waals surface area contributed by atoms with Crippen molar-refractivity contribution in [3.05, 3.63) is 48.2 Å². The minimum Gasteiger partial charge on any atom is -0.481 e. The van der Waals surface area contributed by atoms with Gasteiger partial charge in [-0.15, -0.1) is 0 Å². The molecule has 8 heteroatoms. The molecule has 1 aromatic heterocycles. The second-order valence-electron chi connectivity index (χ2n) is 4.02. The minimum absolute atomic E-state index is 0.0139. The van der Waals surface area contributed by atoms with Gasteiger partial charge in [-0.1, -0.05) is 0 Å². The van der Waals surface area contributed by atoms with Crippen molar-refractivity contribution in [3.8, 4) is 5.88 Å². The van der Waals surface area contributed by atoms with Crippen LogP contribution < -0.4 is 9.46 Å². The van der Waals surface area contributed by atoms with Crippen LogP contribution in [-0.2, 0) is 10.0 Å². The zero-order valence-corrected chi connectivity index (χ0v) is 11.8. The summed E-state index contributed by atoms with van der Waals surface area (Å²) >= 11 is 0. The van der Waals surface area contributed by atoms with E-state index < -0.39 is 16.0 Å². The first-order chi connectivity index (χ1) is 9.92. The molecule has 0 bridgehead atoms. The number of nitrogens with zero attached hydrogens (tertiary/aromatic N) is 1. The number of carbonyl (C=O) groups is 1. The molecule has 2 rings (SSSR count). The predicted octanol–water partition coefficient (Wildman–Crippen LogP) is 1.59. The van der Waals surface area contributed by atoms with Crippen LogP contribution >= 0.6 is 0 Å². The topological polar surface area (TPSA) is 106 Å². The first-order valence-electron chi connectivity index (χ1n) is 5.78. The first kappa shape index (κ1) is 14.8. The Morgan fingerprint density at radius 1 is 1.19 bits per heavy atom. The molecule has 0 spiro atoms. The fraction of sp³-hybridized carbons (Fsp3) is 0.0769. The van der Waals surface area contributed by atoms with Gasteiger partial charge in [0.25, 0.3) is 10.0 Å². The maximum Gasteiger partial charge on any atom is 0.335 e. The number of pyridine rings is 1. The van der Waals surface area contributed by atoms with Crippen molar-refractivity contribution in [3.63, 3.8) is 0 Å². The van der Waals surface area contributed by atoms with E-state index in [-0.39, 0.29) is 16.1 Å². The number of benzene rings is 1. The Labute approximate surface area is 121 Å². The Morgan fingerprint density at radius 2 is 1.86 bits per heavy atom. The summed E-state index contributed by atoms with van der Waals surface area (Å²) in [6.07, 6.45) is 1.32. The SMILES string of the molecule is COc1ccc(NS(=O)(=O)c2ccc(C(=O)O)cc2)cn1. The molecule has 0 aliphatic heterocycles. The smallest absolute Gasteiger partial charge is 0.335 e. The van der Waals surface area contributed by atoms with Crippen LogP contribution in [0.25, 0.3) is 0 Å². The molecule has 0 aliphatic rings. The molecule has 21 heavy (non-hydrogen) atoms. The van der Waals surface area contributed by atoms with E-state index in [4.69, 9.17) is 9.84 Å². The quantitative estimate of drug-likeness (QED) is 0.869. The number of hydrogen-bond acceptors (Lipinski definition) is 5. The van der Waals surface area contributed by atoms with E-state index in [1.807, 2.05) is 0 Å². The van der Waals surface area contributed by atoms with E-state index in [2.05, 4.69) is 9.71 Å². The monoisotopic (exact) mass is 308 g/mol. The van der Waals surface area contributed by atoms with E-state index in [9.17, 15) is 13.2 Å². The van der Waals surface area contributed by atoms with Gasteiger partial charge < -0.3 is 9.84 Å². The maximum absolute atomic E-state index is 12.1. The van der Waals surface area contributed by atoms with E-state index in [1.54, 1.807) is 0 Å². The van der Waals surface area contributed by atoms with Crippen LogP contribution in [-0.4, -0.2) is 31.6 Å². The van der Waals surface area contributed by atoms with Crippen LogP contribution in [0.3, 0.4) is 0 Å². The zero-order valence-electron chi connectivity index (χ0n) is 11.0. The third-order valence-electron chi connectivity index (χ3n) is 2.61. The molecule has 0 amide bonds. The Bertz CT molecular complexity index is 739. The standard InChI is InChI=1S/C13H12N2O5S/c1-20-12-7-4-10(8-14-12)15-21(18,19)11-5-2-9(3-6-11)13(16)17/h2-8,15H,1H3,(H,16,17). The van der Waals surface area contributed by atoms with Crippen molar-refractivity contribution in [2.24, 2.45) is 0 Å². The molecule has 0 radical (unpaired) electrons. The highest BCUT2D eigenvalue weighted by atomic mass is 32.2. The number of aromatic carboxylic acids is 1. The van der Waals surface area contributed by atoms with Gasteiger partial charge in [0.2, 0.25) is 5.88 Å². The molecule has 2 N–H and O–H groups in total. The summed E-state index contributed by atoms with van der Waals surface area (Å²) in [6.45, 7) is 0. The summed E-state index contributed by atoms with van der Waals surface area (Å²) in [6, 6.07) is 7.93. The molecular formula is C13H12N2O5S. The zero-order chi connectivity index (χ0) is 15.5. The van der Waals surface area contributed by atoms with Gasteiger partial charge in [-0.3, -0.25) is 4.72 Å². The van der Waals surface area contributed by atoms with Gasteiger partial charge in [-0.05, 0) is 30.3 Å². The number of hydrogen-bond donors (Lipinski definition) is 2. The van der Waals surface area contributed by atoms with E-state index in [0.29, 0.717) is 5.88 Å². The van der Waals surface area contributed by atoms with Crippen LogP contribution in [0.1, 0.15) is 10.4 Å². The average Bonchev–Trinajstić information content (AvgIpc) is 2.48. The number of ether oxygens (including phenoxy) is 1. The molecule has 0 unspecified atom stereocenters. The molecule has 7 nitrogen and oxygen atoms in total. The van der Waals surface area contributed by atoms with Crippen LogP contribution in [0.15, 0.2) is 47.5 Å². The van der Waals surface area contributed by atoms with E-state index in [0.717, 1.165) is 0 Å². The molecule has 110 valence electrons. The van der Waals surface area contributed by atoms with Gasteiger partial charge in [-0.25, -0.2) is 18.2 Å². The Hall–Kier alpha value is -2.61. The highest BCUT2D eigenvalue weighted by Gasteiger charge is 2.15. The molecule has 1 heterocycles. The molecule has 0 aliphatic carbocycles. The fourth-order valence-electron chi connectivity index (χ4n) is 1.55. The van der Waals surface area contributed by atoms with E-state index >= 15 is 0 Å². The summed E-state index contributed by atoms with van der Waals surface area (Å²) in [5, 5.41) is 8.78. The first-order valence-corrected chi connectivity index (χ1v) is 7.27. The van der Waals surface area contributed by atoms with Gasteiger partial charge in [0, 0.05) is 6.07 Å². The van der Waals surface area contributed by atoms with Gasteiger partial charge in [0.05, 0.1) is 29.5 Å².